The summed E-state index contributed by atoms with van der Waals surface area (Å²) in [6, 6.07) is 0.437. The second kappa shape index (κ2) is 9.10. The van der Waals surface area contributed by atoms with Gasteiger partial charge in [0, 0.05) is 32.5 Å². The molecule has 1 fully saturated rings. The number of methoxy groups -OCH3 is 1. The molecule has 0 aromatic heterocycles. The van der Waals surface area contributed by atoms with E-state index in [1.54, 1.807) is 7.11 Å². The van der Waals surface area contributed by atoms with Gasteiger partial charge in [0.05, 0.1) is 13.2 Å². The monoisotopic (exact) mass is 268 g/mol. The Morgan fingerprint density at radius 3 is 2.94 bits per heavy atom. The van der Waals surface area contributed by atoms with Crippen molar-refractivity contribution in [2.45, 2.75) is 12.5 Å². The van der Waals surface area contributed by atoms with Gasteiger partial charge in [0.1, 0.15) is 0 Å². The van der Waals surface area contributed by atoms with E-state index in [2.05, 4.69) is 5.32 Å². The normalized spacial score (nSPS) is 19.2. The summed E-state index contributed by atoms with van der Waals surface area (Å²) in [5.74, 6) is 2.44. The van der Waals surface area contributed by atoms with E-state index >= 15 is 0 Å². The van der Waals surface area contributed by atoms with Gasteiger partial charge in [-0.25, -0.2) is 0 Å². The predicted octanol–water partition coefficient (Wildman–Crippen LogP) is 0.608. The van der Waals surface area contributed by atoms with Crippen LogP contribution in [0.1, 0.15) is 6.42 Å². The number of nitrogens with zero attached hydrogens (tertiary/aromatic N) is 1. The van der Waals surface area contributed by atoms with Crippen molar-refractivity contribution in [3.05, 3.63) is 0 Å². The lowest BCUT2D eigenvalue weighted by Gasteiger charge is -2.23. The molecule has 1 unspecified atom stereocenters. The Kier molecular flexibility index (Phi) is 9.12. The van der Waals surface area contributed by atoms with Gasteiger partial charge < -0.3 is 15.0 Å². The molecule has 1 heterocycles. The minimum atomic E-state index is 0. The fraction of sp³-hybridized carbons (Fsp3) is 0.900. The second-order valence-electron chi connectivity index (χ2n) is 3.69. The maximum absolute atomic E-state index is 11.7. The molecule has 0 bridgehead atoms. The molecule has 0 aliphatic carbocycles. The molecule has 0 aromatic carbocycles. The molecule has 1 atom stereocenters. The van der Waals surface area contributed by atoms with Gasteiger partial charge in [-0.1, -0.05) is 0 Å². The number of carbonyl (C=O) groups excluding carboxylic acids is 1. The number of thioether (sulfide) groups is 1. The minimum Gasteiger partial charge on any atom is -0.383 e. The Balaban J connectivity index is 0.00000225. The average molecular weight is 269 g/mol. The first-order chi connectivity index (χ1) is 7.25. The van der Waals surface area contributed by atoms with Crippen molar-refractivity contribution in [2.75, 3.05) is 45.4 Å². The zero-order chi connectivity index (χ0) is 11.1. The maximum Gasteiger partial charge on any atom is 0.236 e. The fourth-order valence-corrected chi connectivity index (χ4v) is 2.79. The van der Waals surface area contributed by atoms with Crippen molar-refractivity contribution in [3.8, 4) is 0 Å². The molecule has 1 amide bonds. The van der Waals surface area contributed by atoms with Crippen LogP contribution in [0.5, 0.6) is 0 Å². The lowest BCUT2D eigenvalue weighted by molar-refractivity contribution is -0.130. The Morgan fingerprint density at radius 2 is 2.38 bits per heavy atom. The summed E-state index contributed by atoms with van der Waals surface area (Å²) in [5, 5.41) is 3.07. The van der Waals surface area contributed by atoms with E-state index in [-0.39, 0.29) is 18.3 Å². The molecule has 96 valence electrons. The third-order valence-corrected chi connectivity index (χ3v) is 3.75. The van der Waals surface area contributed by atoms with Crippen molar-refractivity contribution in [1.29, 1.82) is 0 Å². The van der Waals surface area contributed by atoms with Gasteiger partial charge in [-0.15, -0.1) is 12.4 Å². The summed E-state index contributed by atoms with van der Waals surface area (Å²) >= 11 is 1.93. The summed E-state index contributed by atoms with van der Waals surface area (Å²) in [5.41, 5.74) is 0. The number of halogens is 1. The zero-order valence-electron chi connectivity index (χ0n) is 9.90. The van der Waals surface area contributed by atoms with Gasteiger partial charge in [-0.05, 0) is 12.2 Å². The van der Waals surface area contributed by atoms with Gasteiger partial charge in [0.15, 0.2) is 0 Å². The van der Waals surface area contributed by atoms with Crippen LogP contribution in [0.2, 0.25) is 0 Å². The topological polar surface area (TPSA) is 41.6 Å². The molecular formula is C10H21ClN2O2S. The lowest BCUT2D eigenvalue weighted by Crippen LogP contribution is -2.42. The largest absolute Gasteiger partial charge is 0.383 e. The highest BCUT2D eigenvalue weighted by molar-refractivity contribution is 7.99. The van der Waals surface area contributed by atoms with Gasteiger partial charge in [0.25, 0.3) is 0 Å². The molecule has 1 N–H and O–H groups in total. The Bertz CT molecular complexity index is 201. The molecule has 1 aliphatic rings. The molecule has 0 saturated carbocycles. The van der Waals surface area contributed by atoms with Gasteiger partial charge in [-0.2, -0.15) is 11.8 Å². The smallest absolute Gasteiger partial charge is 0.236 e. The number of likely N-dealkylation sites (N-methyl/N-ethyl adjacent to an activating group) is 1. The summed E-state index contributed by atoms with van der Waals surface area (Å²) in [6.45, 7) is 1.80. The van der Waals surface area contributed by atoms with Crippen LogP contribution in [0, 0.1) is 0 Å². The first kappa shape index (κ1) is 16.0. The Morgan fingerprint density at radius 1 is 1.62 bits per heavy atom. The third kappa shape index (κ3) is 5.39. The van der Waals surface area contributed by atoms with Gasteiger partial charge in [-0.3, -0.25) is 4.79 Å². The van der Waals surface area contributed by atoms with Gasteiger partial charge >= 0.3 is 0 Å². The lowest BCUT2D eigenvalue weighted by atomic mass is 10.2. The average Bonchev–Trinajstić information content (AvgIpc) is 2.76. The first-order valence-electron chi connectivity index (χ1n) is 5.28. The van der Waals surface area contributed by atoms with E-state index in [1.165, 1.54) is 5.75 Å². The van der Waals surface area contributed by atoms with Crippen molar-refractivity contribution in [1.82, 2.24) is 10.2 Å². The molecule has 1 rings (SSSR count). The van der Waals surface area contributed by atoms with E-state index in [9.17, 15) is 4.79 Å². The van der Waals surface area contributed by atoms with E-state index < -0.39 is 0 Å². The number of carbonyl (C=O) groups is 1. The highest BCUT2D eigenvalue weighted by Gasteiger charge is 2.23. The summed E-state index contributed by atoms with van der Waals surface area (Å²) in [6.07, 6.45) is 1.13. The van der Waals surface area contributed by atoms with E-state index in [0.29, 0.717) is 19.2 Å². The molecule has 1 aliphatic heterocycles. The summed E-state index contributed by atoms with van der Waals surface area (Å²) in [4.78, 5) is 13.6. The van der Waals surface area contributed by atoms with Crippen molar-refractivity contribution in [2.24, 2.45) is 0 Å². The summed E-state index contributed by atoms with van der Waals surface area (Å²) in [7, 11) is 3.56. The molecule has 0 aromatic rings. The fourth-order valence-electron chi connectivity index (χ4n) is 1.53. The SMILES string of the molecule is COCCNCC(=O)N(C)C1CCSC1.Cl. The van der Waals surface area contributed by atoms with Crippen LogP contribution in [-0.4, -0.2) is 62.2 Å². The molecule has 6 heteroatoms. The standard InChI is InChI=1S/C10H20N2O2S.ClH/c1-12(9-3-6-15-8-9)10(13)7-11-4-5-14-2;/h9,11H,3-8H2,1-2H3;1H. The van der Waals surface area contributed by atoms with Crippen LogP contribution in [0.15, 0.2) is 0 Å². The van der Waals surface area contributed by atoms with Crippen LogP contribution < -0.4 is 5.32 Å². The van der Waals surface area contributed by atoms with E-state index in [1.807, 2.05) is 23.7 Å². The van der Waals surface area contributed by atoms with Crippen LogP contribution >= 0.6 is 24.2 Å². The minimum absolute atomic E-state index is 0. The Hall–Kier alpha value is 0.0300. The number of amides is 1. The molecule has 16 heavy (non-hydrogen) atoms. The van der Waals surface area contributed by atoms with Crippen LogP contribution in [0.3, 0.4) is 0 Å². The second-order valence-corrected chi connectivity index (χ2v) is 4.84. The first-order valence-corrected chi connectivity index (χ1v) is 6.44. The third-order valence-electron chi connectivity index (χ3n) is 2.61. The molecule has 4 nitrogen and oxygen atoms in total. The van der Waals surface area contributed by atoms with Crippen molar-refractivity contribution in [3.63, 3.8) is 0 Å². The number of ether oxygens (including phenoxy) is 1. The maximum atomic E-state index is 11.7. The summed E-state index contributed by atoms with van der Waals surface area (Å²) < 4.78 is 4.89. The van der Waals surface area contributed by atoms with Crippen molar-refractivity contribution < 1.29 is 9.53 Å². The number of rotatable bonds is 6. The van der Waals surface area contributed by atoms with Crippen LogP contribution in [0.25, 0.3) is 0 Å². The van der Waals surface area contributed by atoms with Gasteiger partial charge in [0.2, 0.25) is 5.91 Å². The zero-order valence-corrected chi connectivity index (χ0v) is 11.5. The highest BCUT2D eigenvalue weighted by atomic mass is 35.5. The van der Waals surface area contributed by atoms with Crippen LogP contribution in [0.4, 0.5) is 0 Å². The molecule has 1 saturated heterocycles. The van der Waals surface area contributed by atoms with Crippen molar-refractivity contribution >= 4 is 30.1 Å². The molecular weight excluding hydrogens is 248 g/mol. The number of nitrogens with one attached hydrogen (secondary N) is 1. The predicted molar refractivity (Wildman–Crippen MR) is 70.5 cm³/mol. The van der Waals surface area contributed by atoms with E-state index in [0.717, 1.165) is 18.7 Å². The highest BCUT2D eigenvalue weighted by Crippen LogP contribution is 2.21. The van der Waals surface area contributed by atoms with Crippen LogP contribution in [-0.2, 0) is 9.53 Å². The van der Waals surface area contributed by atoms with E-state index in [4.69, 9.17) is 4.74 Å². The molecule has 0 spiro atoms. The number of hydrogen-bond acceptors (Lipinski definition) is 4. The quantitative estimate of drug-likeness (QED) is 0.717. The molecule has 0 radical (unpaired) electrons. The Labute approximate surface area is 108 Å². The number of hydrogen-bond donors (Lipinski definition) is 1.